The quantitative estimate of drug-likeness (QED) is 0.831. The molecule has 7 heteroatoms. The van der Waals surface area contributed by atoms with E-state index < -0.39 is 15.9 Å². The maximum atomic E-state index is 12.0. The summed E-state index contributed by atoms with van der Waals surface area (Å²) in [5.41, 5.74) is 0.668. The molecule has 1 aliphatic carbocycles. The van der Waals surface area contributed by atoms with Gasteiger partial charge in [-0.2, -0.15) is 0 Å². The number of ether oxygens (including phenoxy) is 2. The standard InChI is InChI=1S/C14H17NO5S/c15-21(17,18)12-3-4-13-10(6-12)5-11(8-19-13)14(16)20-7-9-1-2-9/h3-4,6,9,11H,1-2,5,7-8H2,(H2,15,17,18). The highest BCUT2D eigenvalue weighted by atomic mass is 32.2. The molecule has 0 saturated heterocycles. The minimum absolute atomic E-state index is 0.0249. The zero-order valence-electron chi connectivity index (χ0n) is 11.4. The van der Waals surface area contributed by atoms with Crippen molar-refractivity contribution in [3.05, 3.63) is 23.8 Å². The van der Waals surface area contributed by atoms with Gasteiger partial charge < -0.3 is 9.47 Å². The molecule has 1 unspecified atom stereocenters. The van der Waals surface area contributed by atoms with Crippen LogP contribution in [0.15, 0.2) is 23.1 Å². The van der Waals surface area contributed by atoms with Crippen LogP contribution in [0, 0.1) is 11.8 Å². The van der Waals surface area contributed by atoms with Gasteiger partial charge in [0.2, 0.25) is 10.0 Å². The number of fused-ring (bicyclic) bond motifs is 1. The third kappa shape index (κ3) is 3.36. The summed E-state index contributed by atoms with van der Waals surface area (Å²) in [7, 11) is -3.76. The van der Waals surface area contributed by atoms with E-state index in [1.165, 1.54) is 12.1 Å². The molecule has 21 heavy (non-hydrogen) atoms. The van der Waals surface area contributed by atoms with Crippen molar-refractivity contribution < 1.29 is 22.7 Å². The van der Waals surface area contributed by atoms with Gasteiger partial charge in [-0.05, 0) is 48.9 Å². The first-order chi connectivity index (χ1) is 9.93. The Labute approximate surface area is 123 Å². The van der Waals surface area contributed by atoms with Crippen LogP contribution < -0.4 is 9.88 Å². The molecular weight excluding hydrogens is 294 g/mol. The van der Waals surface area contributed by atoms with Gasteiger partial charge in [0.1, 0.15) is 12.4 Å². The molecule has 114 valence electrons. The third-order valence-electron chi connectivity index (χ3n) is 3.76. The summed E-state index contributed by atoms with van der Waals surface area (Å²) in [6.07, 6.45) is 2.65. The maximum Gasteiger partial charge on any atom is 0.312 e. The molecule has 1 atom stereocenters. The Hall–Kier alpha value is -1.60. The Bertz CT molecular complexity index is 666. The minimum Gasteiger partial charge on any atom is -0.492 e. The molecule has 3 rings (SSSR count). The highest BCUT2D eigenvalue weighted by Crippen LogP contribution is 2.31. The lowest BCUT2D eigenvalue weighted by Gasteiger charge is -2.24. The lowest BCUT2D eigenvalue weighted by atomic mass is 9.97. The summed E-state index contributed by atoms with van der Waals surface area (Å²) in [5, 5.41) is 5.11. The van der Waals surface area contributed by atoms with E-state index in [1.54, 1.807) is 6.07 Å². The number of hydrogen-bond acceptors (Lipinski definition) is 5. The van der Waals surface area contributed by atoms with Crippen LogP contribution in [-0.4, -0.2) is 27.6 Å². The normalized spacial score (nSPS) is 21.3. The summed E-state index contributed by atoms with van der Waals surface area (Å²) >= 11 is 0. The highest BCUT2D eigenvalue weighted by Gasteiger charge is 2.30. The Morgan fingerprint density at radius 3 is 2.81 bits per heavy atom. The van der Waals surface area contributed by atoms with Gasteiger partial charge in [0, 0.05) is 0 Å². The van der Waals surface area contributed by atoms with Crippen LogP contribution in [-0.2, 0) is 26.0 Å². The van der Waals surface area contributed by atoms with Crippen LogP contribution in [0.2, 0.25) is 0 Å². The van der Waals surface area contributed by atoms with Gasteiger partial charge in [0.05, 0.1) is 17.4 Å². The summed E-state index contributed by atoms with van der Waals surface area (Å²) in [6, 6.07) is 4.44. The largest absolute Gasteiger partial charge is 0.492 e. The Balaban J connectivity index is 1.72. The third-order valence-corrected chi connectivity index (χ3v) is 4.67. The first-order valence-corrected chi connectivity index (χ1v) is 8.43. The van der Waals surface area contributed by atoms with Crippen molar-refractivity contribution in [3.8, 4) is 5.75 Å². The zero-order chi connectivity index (χ0) is 15.0. The van der Waals surface area contributed by atoms with Gasteiger partial charge in [-0.15, -0.1) is 0 Å². The van der Waals surface area contributed by atoms with Crippen LogP contribution in [0.5, 0.6) is 5.75 Å². The average Bonchev–Trinajstić information content (AvgIpc) is 3.26. The molecule has 0 bridgehead atoms. The lowest BCUT2D eigenvalue weighted by molar-refractivity contribution is -0.150. The maximum absolute atomic E-state index is 12.0. The van der Waals surface area contributed by atoms with Crippen molar-refractivity contribution >= 4 is 16.0 Å². The van der Waals surface area contributed by atoms with Crippen molar-refractivity contribution in [2.45, 2.75) is 24.2 Å². The molecule has 1 aliphatic heterocycles. The van der Waals surface area contributed by atoms with Crippen LogP contribution in [0.1, 0.15) is 18.4 Å². The van der Waals surface area contributed by atoms with Crippen molar-refractivity contribution in [1.29, 1.82) is 0 Å². The number of primary sulfonamides is 1. The number of rotatable bonds is 4. The first kappa shape index (κ1) is 14.3. The number of sulfonamides is 1. The number of benzene rings is 1. The molecule has 1 saturated carbocycles. The SMILES string of the molecule is NS(=O)(=O)c1ccc2c(c1)CC(C(=O)OCC1CC1)CO2. The second-order valence-electron chi connectivity index (χ2n) is 5.60. The highest BCUT2D eigenvalue weighted by molar-refractivity contribution is 7.89. The lowest BCUT2D eigenvalue weighted by Crippen LogP contribution is -2.30. The zero-order valence-corrected chi connectivity index (χ0v) is 12.3. The van der Waals surface area contributed by atoms with E-state index in [-0.39, 0.29) is 17.5 Å². The molecule has 2 N–H and O–H groups in total. The molecule has 0 aromatic heterocycles. The van der Waals surface area contributed by atoms with E-state index in [9.17, 15) is 13.2 Å². The fourth-order valence-corrected chi connectivity index (χ4v) is 2.87. The Kier molecular flexibility index (Phi) is 3.62. The summed E-state index contributed by atoms with van der Waals surface area (Å²) in [4.78, 5) is 12.0. The Morgan fingerprint density at radius 2 is 2.14 bits per heavy atom. The van der Waals surface area contributed by atoms with Crippen LogP contribution in [0.25, 0.3) is 0 Å². The van der Waals surface area contributed by atoms with Gasteiger partial charge in [0.25, 0.3) is 0 Å². The molecule has 1 aromatic carbocycles. The van der Waals surface area contributed by atoms with E-state index in [0.29, 0.717) is 30.3 Å². The molecule has 2 aliphatic rings. The molecule has 0 spiro atoms. The van der Waals surface area contributed by atoms with Gasteiger partial charge in [-0.25, -0.2) is 13.6 Å². The van der Waals surface area contributed by atoms with E-state index >= 15 is 0 Å². The smallest absolute Gasteiger partial charge is 0.312 e. The van der Waals surface area contributed by atoms with Crippen LogP contribution in [0.4, 0.5) is 0 Å². The monoisotopic (exact) mass is 311 g/mol. The number of carbonyl (C=O) groups is 1. The van der Waals surface area contributed by atoms with Crippen LogP contribution >= 0.6 is 0 Å². The fraction of sp³-hybridized carbons (Fsp3) is 0.500. The van der Waals surface area contributed by atoms with Gasteiger partial charge in [0.15, 0.2) is 0 Å². The second kappa shape index (κ2) is 5.31. The first-order valence-electron chi connectivity index (χ1n) is 6.88. The number of hydrogen-bond donors (Lipinski definition) is 1. The van der Waals surface area contributed by atoms with Gasteiger partial charge in [-0.1, -0.05) is 0 Å². The van der Waals surface area contributed by atoms with E-state index in [0.717, 1.165) is 12.8 Å². The van der Waals surface area contributed by atoms with Crippen molar-refractivity contribution in [2.75, 3.05) is 13.2 Å². The van der Waals surface area contributed by atoms with E-state index in [2.05, 4.69) is 0 Å². The van der Waals surface area contributed by atoms with Crippen molar-refractivity contribution in [3.63, 3.8) is 0 Å². The average molecular weight is 311 g/mol. The molecule has 1 aromatic rings. The Morgan fingerprint density at radius 1 is 1.38 bits per heavy atom. The van der Waals surface area contributed by atoms with Crippen molar-refractivity contribution in [2.24, 2.45) is 17.0 Å². The van der Waals surface area contributed by atoms with Crippen LogP contribution in [0.3, 0.4) is 0 Å². The summed E-state index contributed by atoms with van der Waals surface area (Å²) in [6.45, 7) is 0.727. The molecular formula is C14H17NO5S. The molecule has 1 heterocycles. The van der Waals surface area contributed by atoms with Gasteiger partial charge in [-0.3, -0.25) is 4.79 Å². The molecule has 0 amide bonds. The minimum atomic E-state index is -3.76. The van der Waals surface area contributed by atoms with Gasteiger partial charge >= 0.3 is 5.97 Å². The fourth-order valence-electron chi connectivity index (χ4n) is 2.30. The number of nitrogens with two attached hydrogens (primary N) is 1. The van der Waals surface area contributed by atoms with E-state index in [1.807, 2.05) is 0 Å². The van der Waals surface area contributed by atoms with Crippen molar-refractivity contribution in [1.82, 2.24) is 0 Å². The second-order valence-corrected chi connectivity index (χ2v) is 7.16. The summed E-state index contributed by atoms with van der Waals surface area (Å²) < 4.78 is 33.5. The molecule has 1 fully saturated rings. The predicted octanol–water partition coefficient (Wildman–Crippen LogP) is 0.838. The number of carbonyl (C=O) groups excluding carboxylic acids is 1. The predicted molar refractivity (Wildman–Crippen MR) is 74.2 cm³/mol. The molecule has 0 radical (unpaired) electrons. The topological polar surface area (TPSA) is 95.7 Å². The number of esters is 1. The van der Waals surface area contributed by atoms with E-state index in [4.69, 9.17) is 14.6 Å². The summed E-state index contributed by atoms with van der Waals surface area (Å²) in [5.74, 6) is 0.425. The molecule has 6 nitrogen and oxygen atoms in total.